The van der Waals surface area contributed by atoms with E-state index >= 15 is 0 Å². The Morgan fingerprint density at radius 2 is 1.94 bits per heavy atom. The molecule has 1 aliphatic heterocycles. The first-order valence-corrected chi connectivity index (χ1v) is 6.44. The number of anilines is 1. The molecular weight excluding hydrogens is 226 g/mol. The van der Waals surface area contributed by atoms with Gasteiger partial charge in [-0.3, -0.25) is 4.90 Å². The molecule has 1 aromatic rings. The van der Waals surface area contributed by atoms with Crippen molar-refractivity contribution in [2.75, 3.05) is 38.6 Å². The Balaban J connectivity index is 2.08. The highest BCUT2D eigenvalue weighted by Gasteiger charge is 2.31. The minimum absolute atomic E-state index is 0.172. The summed E-state index contributed by atoms with van der Waals surface area (Å²) in [6.45, 7) is 8.34. The molecule has 0 bridgehead atoms. The summed E-state index contributed by atoms with van der Waals surface area (Å²) in [5.41, 5.74) is 1.29. The van der Waals surface area contributed by atoms with Crippen LogP contribution in [0.4, 0.5) is 5.95 Å². The number of nitrogens with zero attached hydrogens (tertiary/aromatic N) is 4. The van der Waals surface area contributed by atoms with Gasteiger partial charge in [-0.15, -0.1) is 0 Å². The summed E-state index contributed by atoms with van der Waals surface area (Å²) in [7, 11) is 4.10. The van der Waals surface area contributed by atoms with E-state index in [-0.39, 0.29) is 5.54 Å². The first-order chi connectivity index (χ1) is 8.53. The SMILES string of the molecule is CNCc1cnc(N2CCN(C)C(C)(C)C2)nc1. The zero-order valence-electron chi connectivity index (χ0n) is 11.8. The van der Waals surface area contributed by atoms with Crippen LogP contribution in [0.5, 0.6) is 0 Å². The first kappa shape index (κ1) is 13.2. The van der Waals surface area contributed by atoms with Crippen LogP contribution in [-0.2, 0) is 6.54 Å². The van der Waals surface area contributed by atoms with Gasteiger partial charge in [-0.1, -0.05) is 0 Å². The standard InChI is InChI=1S/C13H23N5/c1-13(2)10-18(6-5-17(13)4)12-15-8-11(7-14-3)9-16-12/h8-9,14H,5-7,10H2,1-4H3. The van der Waals surface area contributed by atoms with Crippen LogP contribution in [0.1, 0.15) is 19.4 Å². The molecule has 0 saturated carbocycles. The number of nitrogens with one attached hydrogen (secondary N) is 1. The van der Waals surface area contributed by atoms with Gasteiger partial charge in [0, 0.05) is 49.7 Å². The smallest absolute Gasteiger partial charge is 0.225 e. The van der Waals surface area contributed by atoms with Gasteiger partial charge < -0.3 is 10.2 Å². The fraction of sp³-hybridized carbons (Fsp3) is 0.692. The molecule has 18 heavy (non-hydrogen) atoms. The molecule has 1 fully saturated rings. The molecule has 2 heterocycles. The van der Waals surface area contributed by atoms with Crippen molar-refractivity contribution in [3.05, 3.63) is 18.0 Å². The van der Waals surface area contributed by atoms with Crippen LogP contribution in [-0.4, -0.2) is 54.1 Å². The second-order valence-electron chi connectivity index (χ2n) is 5.58. The van der Waals surface area contributed by atoms with Gasteiger partial charge >= 0.3 is 0 Å². The van der Waals surface area contributed by atoms with Crippen molar-refractivity contribution < 1.29 is 0 Å². The number of hydrogen-bond acceptors (Lipinski definition) is 5. The van der Waals surface area contributed by atoms with Crippen molar-refractivity contribution in [2.45, 2.75) is 25.9 Å². The predicted octanol–water partition coefficient (Wildman–Crippen LogP) is 0.726. The van der Waals surface area contributed by atoms with E-state index < -0.39 is 0 Å². The number of likely N-dealkylation sites (N-methyl/N-ethyl adjacent to an activating group) is 1. The zero-order valence-corrected chi connectivity index (χ0v) is 11.8. The molecule has 1 aliphatic rings. The van der Waals surface area contributed by atoms with Crippen molar-refractivity contribution in [3.8, 4) is 0 Å². The second kappa shape index (κ2) is 5.20. The van der Waals surface area contributed by atoms with E-state index in [0.29, 0.717) is 0 Å². The third kappa shape index (κ3) is 2.79. The molecule has 0 atom stereocenters. The van der Waals surface area contributed by atoms with Crippen LogP contribution < -0.4 is 10.2 Å². The monoisotopic (exact) mass is 249 g/mol. The maximum atomic E-state index is 4.47. The van der Waals surface area contributed by atoms with Crippen LogP contribution in [0.15, 0.2) is 12.4 Å². The van der Waals surface area contributed by atoms with Gasteiger partial charge in [0.25, 0.3) is 0 Å². The van der Waals surface area contributed by atoms with Gasteiger partial charge in [-0.25, -0.2) is 9.97 Å². The van der Waals surface area contributed by atoms with Crippen LogP contribution in [0, 0.1) is 0 Å². The average molecular weight is 249 g/mol. The number of piperazine rings is 1. The molecule has 1 aromatic heterocycles. The maximum absolute atomic E-state index is 4.47. The quantitative estimate of drug-likeness (QED) is 0.855. The Morgan fingerprint density at radius 3 is 2.50 bits per heavy atom. The van der Waals surface area contributed by atoms with E-state index in [4.69, 9.17) is 0 Å². The first-order valence-electron chi connectivity index (χ1n) is 6.44. The van der Waals surface area contributed by atoms with Gasteiger partial charge in [0.15, 0.2) is 0 Å². The molecule has 5 nitrogen and oxygen atoms in total. The van der Waals surface area contributed by atoms with Crippen molar-refractivity contribution >= 4 is 5.95 Å². The Kier molecular flexibility index (Phi) is 3.82. The normalized spacial score (nSPS) is 20.1. The third-order valence-electron chi connectivity index (χ3n) is 3.67. The summed E-state index contributed by atoms with van der Waals surface area (Å²) in [6.07, 6.45) is 3.81. The van der Waals surface area contributed by atoms with E-state index in [1.807, 2.05) is 19.4 Å². The van der Waals surface area contributed by atoms with Gasteiger partial charge in [0.2, 0.25) is 5.95 Å². The van der Waals surface area contributed by atoms with E-state index in [0.717, 1.165) is 37.7 Å². The Hall–Kier alpha value is -1.20. The third-order valence-corrected chi connectivity index (χ3v) is 3.67. The second-order valence-corrected chi connectivity index (χ2v) is 5.58. The van der Waals surface area contributed by atoms with Crippen LogP contribution in [0.2, 0.25) is 0 Å². The largest absolute Gasteiger partial charge is 0.338 e. The zero-order chi connectivity index (χ0) is 13.2. The Bertz CT molecular complexity index is 387. The van der Waals surface area contributed by atoms with E-state index in [1.54, 1.807) is 0 Å². The molecule has 0 spiro atoms. The highest BCUT2D eigenvalue weighted by Crippen LogP contribution is 2.21. The molecule has 0 amide bonds. The number of rotatable bonds is 3. The Morgan fingerprint density at radius 1 is 1.28 bits per heavy atom. The molecule has 0 aromatic carbocycles. The van der Waals surface area contributed by atoms with E-state index in [1.165, 1.54) is 0 Å². The summed E-state index contributed by atoms with van der Waals surface area (Å²) in [4.78, 5) is 13.6. The highest BCUT2D eigenvalue weighted by atomic mass is 15.3. The van der Waals surface area contributed by atoms with E-state index in [9.17, 15) is 0 Å². The van der Waals surface area contributed by atoms with Gasteiger partial charge in [-0.2, -0.15) is 0 Å². The van der Waals surface area contributed by atoms with E-state index in [2.05, 4.69) is 46.0 Å². The molecule has 0 aliphatic carbocycles. The van der Waals surface area contributed by atoms with Crippen molar-refractivity contribution in [2.24, 2.45) is 0 Å². The van der Waals surface area contributed by atoms with Crippen molar-refractivity contribution in [1.82, 2.24) is 20.2 Å². The van der Waals surface area contributed by atoms with Crippen LogP contribution >= 0.6 is 0 Å². The summed E-state index contributed by atoms with van der Waals surface area (Å²) < 4.78 is 0. The number of aromatic nitrogens is 2. The van der Waals surface area contributed by atoms with Gasteiger partial charge in [0.1, 0.15) is 0 Å². The van der Waals surface area contributed by atoms with Gasteiger partial charge in [0.05, 0.1) is 0 Å². The van der Waals surface area contributed by atoms with Crippen molar-refractivity contribution in [3.63, 3.8) is 0 Å². The average Bonchev–Trinajstić information content (AvgIpc) is 2.34. The molecular formula is C13H23N5. The molecule has 100 valence electrons. The lowest BCUT2D eigenvalue weighted by atomic mass is 10.0. The lowest BCUT2D eigenvalue weighted by Crippen LogP contribution is -2.58. The Labute approximate surface area is 109 Å². The summed E-state index contributed by atoms with van der Waals surface area (Å²) in [5.74, 6) is 0.844. The minimum atomic E-state index is 0.172. The highest BCUT2D eigenvalue weighted by molar-refractivity contribution is 5.32. The number of hydrogen-bond donors (Lipinski definition) is 1. The fourth-order valence-corrected chi connectivity index (χ4v) is 2.22. The lowest BCUT2D eigenvalue weighted by molar-refractivity contribution is 0.138. The van der Waals surface area contributed by atoms with Crippen LogP contribution in [0.3, 0.4) is 0 Å². The minimum Gasteiger partial charge on any atom is -0.338 e. The molecule has 2 rings (SSSR count). The molecule has 1 saturated heterocycles. The molecule has 5 heteroatoms. The molecule has 1 N–H and O–H groups in total. The van der Waals surface area contributed by atoms with Gasteiger partial charge in [-0.05, 0) is 27.9 Å². The predicted molar refractivity (Wildman–Crippen MR) is 73.7 cm³/mol. The molecule has 0 radical (unpaired) electrons. The topological polar surface area (TPSA) is 44.3 Å². The summed E-state index contributed by atoms with van der Waals surface area (Å²) >= 11 is 0. The summed E-state index contributed by atoms with van der Waals surface area (Å²) in [5, 5.41) is 3.10. The molecule has 0 unspecified atom stereocenters. The van der Waals surface area contributed by atoms with Crippen molar-refractivity contribution in [1.29, 1.82) is 0 Å². The summed E-state index contributed by atoms with van der Waals surface area (Å²) in [6, 6.07) is 0. The fourth-order valence-electron chi connectivity index (χ4n) is 2.22. The van der Waals surface area contributed by atoms with Crippen LogP contribution in [0.25, 0.3) is 0 Å². The maximum Gasteiger partial charge on any atom is 0.225 e. The lowest BCUT2D eigenvalue weighted by Gasteiger charge is -2.45.